The summed E-state index contributed by atoms with van der Waals surface area (Å²) in [6, 6.07) is 0. The van der Waals surface area contributed by atoms with Crippen molar-refractivity contribution in [2.24, 2.45) is 5.84 Å². The lowest BCUT2D eigenvalue weighted by molar-refractivity contribution is 0.887. The Balaban J connectivity index is 1.84. The maximum absolute atomic E-state index is 5.37. The Morgan fingerprint density at radius 3 is 2.80 bits per heavy atom. The van der Waals surface area contributed by atoms with Gasteiger partial charge in [0.25, 0.3) is 0 Å². The summed E-state index contributed by atoms with van der Waals surface area (Å²) in [5.41, 5.74) is 2.41. The summed E-state index contributed by atoms with van der Waals surface area (Å²) >= 11 is 1.55. The van der Waals surface area contributed by atoms with Gasteiger partial charge in [-0.15, -0.1) is 11.3 Å². The number of nitrogens with one attached hydrogen (secondary N) is 2. The molecule has 0 aliphatic rings. The molecule has 4 N–H and O–H groups in total. The van der Waals surface area contributed by atoms with Crippen LogP contribution in [0.4, 0.5) is 11.9 Å². The first-order valence-corrected chi connectivity index (χ1v) is 6.56. The highest BCUT2D eigenvalue weighted by Gasteiger charge is 2.07. The van der Waals surface area contributed by atoms with Crippen LogP contribution in [0.1, 0.15) is 5.01 Å². The number of nitrogen functional groups attached to an aromatic ring is 1. The Morgan fingerprint density at radius 1 is 1.20 bits per heavy atom. The fourth-order valence-corrected chi connectivity index (χ4v) is 2.05. The van der Waals surface area contributed by atoms with Gasteiger partial charge in [0.2, 0.25) is 17.8 Å². The fraction of sp³-hybridized carbons (Fsp3) is 0.100. The molecular formula is C10H11N9S. The van der Waals surface area contributed by atoms with E-state index in [-0.39, 0.29) is 5.95 Å². The van der Waals surface area contributed by atoms with E-state index in [4.69, 9.17) is 5.84 Å². The summed E-state index contributed by atoms with van der Waals surface area (Å²) in [7, 11) is 0. The first-order chi connectivity index (χ1) is 9.85. The molecule has 0 bridgehead atoms. The number of aromatic nitrogens is 6. The molecule has 3 aromatic rings. The summed E-state index contributed by atoms with van der Waals surface area (Å²) < 4.78 is 1.66. The van der Waals surface area contributed by atoms with E-state index in [1.165, 1.54) is 0 Å². The van der Waals surface area contributed by atoms with Crippen molar-refractivity contribution in [2.75, 3.05) is 10.7 Å². The lowest BCUT2D eigenvalue weighted by atomic mass is 10.6. The SMILES string of the molecule is NNc1nc(NCc2nccs2)nc(-n2ccnc2)n1. The monoisotopic (exact) mass is 289 g/mol. The highest BCUT2D eigenvalue weighted by atomic mass is 32.1. The van der Waals surface area contributed by atoms with Gasteiger partial charge in [0.1, 0.15) is 11.3 Å². The minimum Gasteiger partial charge on any atom is -0.348 e. The van der Waals surface area contributed by atoms with Gasteiger partial charge >= 0.3 is 0 Å². The van der Waals surface area contributed by atoms with Crippen molar-refractivity contribution in [1.82, 2.24) is 29.5 Å². The Hall–Kier alpha value is -2.59. The molecule has 0 saturated heterocycles. The number of hydrogen-bond donors (Lipinski definition) is 3. The zero-order valence-electron chi connectivity index (χ0n) is 10.3. The van der Waals surface area contributed by atoms with Gasteiger partial charge in [-0.05, 0) is 0 Å². The molecule has 0 atom stereocenters. The van der Waals surface area contributed by atoms with Crippen LogP contribution < -0.4 is 16.6 Å². The van der Waals surface area contributed by atoms with Gasteiger partial charge in [-0.25, -0.2) is 15.8 Å². The van der Waals surface area contributed by atoms with Crippen LogP contribution >= 0.6 is 11.3 Å². The molecule has 0 spiro atoms. The third-order valence-corrected chi connectivity index (χ3v) is 3.15. The van der Waals surface area contributed by atoms with Crippen LogP contribution in [0.25, 0.3) is 5.95 Å². The molecule has 0 saturated carbocycles. The first-order valence-electron chi connectivity index (χ1n) is 5.68. The van der Waals surface area contributed by atoms with Crippen LogP contribution in [0.15, 0.2) is 30.3 Å². The van der Waals surface area contributed by atoms with Gasteiger partial charge in [0, 0.05) is 24.0 Å². The van der Waals surface area contributed by atoms with Crippen LogP contribution in [0.3, 0.4) is 0 Å². The average molecular weight is 289 g/mol. The molecule has 10 heteroatoms. The summed E-state index contributed by atoms with van der Waals surface area (Å²) in [5.74, 6) is 6.47. The van der Waals surface area contributed by atoms with Crippen molar-refractivity contribution in [3.63, 3.8) is 0 Å². The van der Waals surface area contributed by atoms with Crippen molar-refractivity contribution >= 4 is 23.2 Å². The van der Waals surface area contributed by atoms with Crippen LogP contribution in [0.5, 0.6) is 0 Å². The molecule has 0 radical (unpaired) electrons. The zero-order valence-corrected chi connectivity index (χ0v) is 11.1. The molecule has 3 aromatic heterocycles. The van der Waals surface area contributed by atoms with Gasteiger partial charge in [-0.3, -0.25) is 9.99 Å². The van der Waals surface area contributed by atoms with Crippen LogP contribution in [-0.4, -0.2) is 29.5 Å². The minimum atomic E-state index is 0.269. The Kier molecular flexibility index (Phi) is 3.48. The largest absolute Gasteiger partial charge is 0.348 e. The second-order valence-corrected chi connectivity index (χ2v) is 4.66. The van der Waals surface area contributed by atoms with Gasteiger partial charge in [0.05, 0.1) is 6.54 Å². The van der Waals surface area contributed by atoms with Gasteiger partial charge in [0.15, 0.2) is 0 Å². The quantitative estimate of drug-likeness (QED) is 0.456. The fourth-order valence-electron chi connectivity index (χ4n) is 1.50. The Morgan fingerprint density at radius 2 is 2.10 bits per heavy atom. The van der Waals surface area contributed by atoms with E-state index in [0.717, 1.165) is 5.01 Å². The van der Waals surface area contributed by atoms with Crippen LogP contribution in [0.2, 0.25) is 0 Å². The molecule has 0 aliphatic carbocycles. The third kappa shape index (κ3) is 2.70. The maximum Gasteiger partial charge on any atom is 0.243 e. The minimum absolute atomic E-state index is 0.269. The molecule has 0 fully saturated rings. The highest BCUT2D eigenvalue weighted by Crippen LogP contribution is 2.10. The van der Waals surface area contributed by atoms with Crippen molar-refractivity contribution in [3.05, 3.63) is 35.3 Å². The number of nitrogens with zero attached hydrogens (tertiary/aromatic N) is 6. The van der Waals surface area contributed by atoms with Crippen molar-refractivity contribution < 1.29 is 0 Å². The molecule has 102 valence electrons. The second-order valence-electron chi connectivity index (χ2n) is 3.68. The lowest BCUT2D eigenvalue weighted by Gasteiger charge is -2.07. The predicted molar refractivity (Wildman–Crippen MR) is 74.2 cm³/mol. The standard InChI is InChI=1S/C10H11N9S/c11-18-9-15-8(14-5-7-13-2-4-20-7)16-10(17-9)19-3-1-12-6-19/h1-4,6H,5,11H2,(H2,14,15,16,17,18). The first kappa shape index (κ1) is 12.4. The summed E-state index contributed by atoms with van der Waals surface area (Å²) in [5, 5.41) is 5.93. The average Bonchev–Trinajstić information content (AvgIpc) is 3.17. The van der Waals surface area contributed by atoms with Gasteiger partial charge in [-0.2, -0.15) is 15.0 Å². The second kappa shape index (κ2) is 5.59. The van der Waals surface area contributed by atoms with Crippen molar-refractivity contribution in [2.45, 2.75) is 6.54 Å². The van der Waals surface area contributed by atoms with Crippen molar-refractivity contribution in [3.8, 4) is 5.95 Å². The summed E-state index contributed by atoms with van der Waals surface area (Å²) in [4.78, 5) is 20.7. The van der Waals surface area contributed by atoms with E-state index in [1.54, 1.807) is 40.8 Å². The van der Waals surface area contributed by atoms with Crippen LogP contribution in [-0.2, 0) is 6.54 Å². The van der Waals surface area contributed by atoms with Gasteiger partial charge in [-0.1, -0.05) is 0 Å². The predicted octanol–water partition coefficient (Wildman–Crippen LogP) is 0.411. The number of thiazole rings is 1. The number of hydrazine groups is 1. The van der Waals surface area contributed by atoms with Crippen LogP contribution in [0, 0.1) is 0 Å². The van der Waals surface area contributed by atoms with E-state index in [0.29, 0.717) is 18.4 Å². The maximum atomic E-state index is 5.37. The van der Waals surface area contributed by atoms with Crippen molar-refractivity contribution in [1.29, 1.82) is 0 Å². The van der Waals surface area contributed by atoms with E-state index >= 15 is 0 Å². The lowest BCUT2D eigenvalue weighted by Crippen LogP contribution is -2.15. The highest BCUT2D eigenvalue weighted by molar-refractivity contribution is 7.09. The van der Waals surface area contributed by atoms with Gasteiger partial charge < -0.3 is 5.32 Å². The smallest absolute Gasteiger partial charge is 0.243 e. The van der Waals surface area contributed by atoms with E-state index in [2.05, 4.69) is 35.7 Å². The molecule has 9 nitrogen and oxygen atoms in total. The molecule has 0 aromatic carbocycles. The summed E-state index contributed by atoms with van der Waals surface area (Å²) in [6.45, 7) is 0.537. The Labute approximate surface area is 117 Å². The molecule has 0 aliphatic heterocycles. The van der Waals surface area contributed by atoms with E-state index < -0.39 is 0 Å². The molecule has 0 amide bonds. The molecule has 0 unspecified atom stereocenters. The van der Waals surface area contributed by atoms with E-state index in [9.17, 15) is 0 Å². The van der Waals surface area contributed by atoms with E-state index in [1.807, 2.05) is 5.38 Å². The number of hydrogen-bond acceptors (Lipinski definition) is 9. The normalized spacial score (nSPS) is 10.4. The molecular weight excluding hydrogens is 278 g/mol. The number of imidazole rings is 1. The number of nitrogens with two attached hydrogens (primary N) is 1. The zero-order chi connectivity index (χ0) is 13.8. The number of anilines is 2. The number of rotatable bonds is 5. The Bertz CT molecular complexity index is 664. The third-order valence-electron chi connectivity index (χ3n) is 2.37. The molecule has 3 heterocycles. The molecule has 3 rings (SSSR count). The topological polar surface area (TPSA) is 119 Å². The molecule has 20 heavy (non-hydrogen) atoms. The summed E-state index contributed by atoms with van der Waals surface area (Å²) in [6.07, 6.45) is 6.72.